The molecule has 2 fully saturated rings. The largest absolute Gasteiger partial charge is 0.533 e. The van der Waals surface area contributed by atoms with E-state index < -0.39 is 30.1 Å². The Morgan fingerprint density at radius 2 is 2.00 bits per heavy atom. The molecule has 2 aliphatic rings. The van der Waals surface area contributed by atoms with Crippen molar-refractivity contribution in [2.45, 2.75) is 51.4 Å². The summed E-state index contributed by atoms with van der Waals surface area (Å²) in [5, 5.41) is 0.440. The Labute approximate surface area is 172 Å². The van der Waals surface area contributed by atoms with Gasteiger partial charge in [0.05, 0.1) is 25.9 Å². The zero-order valence-corrected chi connectivity index (χ0v) is 16.6. The summed E-state index contributed by atoms with van der Waals surface area (Å²) < 4.78 is 35.4. The highest BCUT2D eigenvalue weighted by molar-refractivity contribution is 6.01. The third-order valence-corrected chi connectivity index (χ3v) is 4.59. The Hall–Kier alpha value is -2.72. The lowest BCUT2D eigenvalue weighted by atomic mass is 10.1. The number of hydroxylamine groups is 2. The predicted octanol–water partition coefficient (Wildman–Crippen LogP) is 3.03. The number of unbranched alkanes of at least 4 members (excludes halogenated alkanes) is 1. The quantitative estimate of drug-likeness (QED) is 0.338. The normalized spacial score (nSPS) is 21.2. The Balaban J connectivity index is 1.32. The van der Waals surface area contributed by atoms with Gasteiger partial charge in [-0.1, -0.05) is 11.1 Å². The van der Waals surface area contributed by atoms with Crippen LogP contribution >= 0.6 is 0 Å². The van der Waals surface area contributed by atoms with Gasteiger partial charge in [-0.3, -0.25) is 14.4 Å². The summed E-state index contributed by atoms with van der Waals surface area (Å²) in [6, 6.07) is 4.59. The molecule has 0 saturated carbocycles. The molecule has 0 bridgehead atoms. The van der Waals surface area contributed by atoms with E-state index in [4.69, 9.17) is 18.9 Å². The number of rotatable bonds is 9. The molecule has 1 aromatic rings. The first-order valence-electron chi connectivity index (χ1n) is 9.87. The van der Waals surface area contributed by atoms with Crippen LogP contribution in [0.1, 0.15) is 50.9 Å². The minimum absolute atomic E-state index is 0.0276. The molecule has 0 radical (unpaired) electrons. The molecule has 2 unspecified atom stereocenters. The monoisotopic (exact) mass is 425 g/mol. The highest BCUT2D eigenvalue weighted by Crippen LogP contribution is 2.31. The van der Waals surface area contributed by atoms with Crippen LogP contribution in [0.4, 0.5) is 9.18 Å². The van der Waals surface area contributed by atoms with Crippen molar-refractivity contribution in [3.05, 3.63) is 29.6 Å². The van der Waals surface area contributed by atoms with Crippen molar-refractivity contribution in [3.8, 4) is 5.75 Å². The van der Waals surface area contributed by atoms with Crippen molar-refractivity contribution in [2.75, 3.05) is 19.8 Å². The van der Waals surface area contributed by atoms with Gasteiger partial charge < -0.3 is 18.9 Å². The average molecular weight is 425 g/mol. The number of halogens is 1. The molecule has 164 valence electrons. The van der Waals surface area contributed by atoms with E-state index in [1.54, 1.807) is 19.1 Å². The van der Waals surface area contributed by atoms with E-state index in [0.29, 0.717) is 43.1 Å². The summed E-state index contributed by atoms with van der Waals surface area (Å²) >= 11 is 0. The molecule has 2 heterocycles. The fourth-order valence-electron chi connectivity index (χ4n) is 3.10. The molecule has 10 heteroatoms. The van der Waals surface area contributed by atoms with E-state index >= 15 is 0 Å². The van der Waals surface area contributed by atoms with Gasteiger partial charge in [0.1, 0.15) is 0 Å². The molecular formula is C20H24FNO8. The van der Waals surface area contributed by atoms with Crippen LogP contribution in [-0.4, -0.2) is 49.0 Å². The minimum atomic E-state index is -1.09. The summed E-state index contributed by atoms with van der Waals surface area (Å²) in [5.41, 5.74) is 0.579. The molecule has 0 aliphatic carbocycles. The molecule has 9 nitrogen and oxygen atoms in total. The van der Waals surface area contributed by atoms with E-state index in [1.165, 1.54) is 6.07 Å². The van der Waals surface area contributed by atoms with Crippen molar-refractivity contribution < 1.29 is 42.6 Å². The number of imide groups is 1. The standard InChI is InChI=1S/C20H24FNO8/c1-2-26-16-7-6-13(11-15(16)21)19-28-12-14(29-19)5-3-4-10-27-20(25)30-22-17(23)8-9-18(22)24/h6-7,11,14,19H,2-5,8-10,12H2,1H3. The Kier molecular flexibility index (Phi) is 7.58. The van der Waals surface area contributed by atoms with E-state index in [0.717, 1.165) is 0 Å². The highest BCUT2D eigenvalue weighted by atomic mass is 19.1. The third kappa shape index (κ3) is 5.67. The second-order valence-electron chi connectivity index (χ2n) is 6.81. The molecule has 0 N–H and O–H groups in total. The summed E-state index contributed by atoms with van der Waals surface area (Å²) in [7, 11) is 0. The van der Waals surface area contributed by atoms with Crippen molar-refractivity contribution in [1.29, 1.82) is 0 Å². The van der Waals surface area contributed by atoms with Gasteiger partial charge in [0.15, 0.2) is 17.9 Å². The van der Waals surface area contributed by atoms with Crippen LogP contribution < -0.4 is 4.74 Å². The summed E-state index contributed by atoms with van der Waals surface area (Å²) in [6.45, 7) is 2.62. The van der Waals surface area contributed by atoms with Crippen LogP contribution in [0.15, 0.2) is 18.2 Å². The van der Waals surface area contributed by atoms with Gasteiger partial charge in [-0.15, -0.1) is 0 Å². The lowest BCUT2D eigenvalue weighted by Crippen LogP contribution is -2.32. The zero-order chi connectivity index (χ0) is 21.5. The van der Waals surface area contributed by atoms with Crippen LogP contribution in [0.5, 0.6) is 5.75 Å². The Morgan fingerprint density at radius 3 is 2.70 bits per heavy atom. The molecular weight excluding hydrogens is 401 g/mol. The number of benzene rings is 1. The first-order valence-corrected chi connectivity index (χ1v) is 9.87. The molecule has 2 aliphatic heterocycles. The maximum absolute atomic E-state index is 14.0. The van der Waals surface area contributed by atoms with Crippen LogP contribution in [-0.2, 0) is 28.6 Å². The van der Waals surface area contributed by atoms with E-state index in [1.807, 2.05) is 0 Å². The topological polar surface area (TPSA) is 101 Å². The zero-order valence-electron chi connectivity index (χ0n) is 16.6. The third-order valence-electron chi connectivity index (χ3n) is 4.59. The minimum Gasteiger partial charge on any atom is -0.491 e. The molecule has 2 amide bonds. The number of hydrogen-bond donors (Lipinski definition) is 0. The molecule has 30 heavy (non-hydrogen) atoms. The molecule has 2 atom stereocenters. The Morgan fingerprint density at radius 1 is 1.23 bits per heavy atom. The van der Waals surface area contributed by atoms with Crippen molar-refractivity contribution in [3.63, 3.8) is 0 Å². The van der Waals surface area contributed by atoms with Gasteiger partial charge in [0, 0.05) is 18.4 Å². The van der Waals surface area contributed by atoms with Crippen molar-refractivity contribution in [2.24, 2.45) is 0 Å². The van der Waals surface area contributed by atoms with Gasteiger partial charge in [-0.05, 0) is 38.3 Å². The van der Waals surface area contributed by atoms with Crippen LogP contribution in [0.25, 0.3) is 0 Å². The molecule has 0 spiro atoms. The summed E-state index contributed by atoms with van der Waals surface area (Å²) in [5.74, 6) is -1.39. The second-order valence-corrected chi connectivity index (χ2v) is 6.81. The van der Waals surface area contributed by atoms with E-state index in [-0.39, 0.29) is 31.3 Å². The highest BCUT2D eigenvalue weighted by Gasteiger charge is 2.33. The Bertz CT molecular complexity index is 770. The lowest BCUT2D eigenvalue weighted by molar-refractivity contribution is -0.177. The predicted molar refractivity (Wildman–Crippen MR) is 98.5 cm³/mol. The maximum Gasteiger partial charge on any atom is 0.533 e. The van der Waals surface area contributed by atoms with Crippen LogP contribution in [0.2, 0.25) is 0 Å². The molecule has 0 aromatic heterocycles. The first-order chi connectivity index (χ1) is 14.5. The lowest BCUT2D eigenvalue weighted by Gasteiger charge is -2.13. The number of carbonyl (C=O) groups excluding carboxylic acids is 3. The fourth-order valence-corrected chi connectivity index (χ4v) is 3.10. The van der Waals surface area contributed by atoms with E-state index in [2.05, 4.69) is 4.84 Å². The molecule has 2 saturated heterocycles. The van der Waals surface area contributed by atoms with Gasteiger partial charge in [-0.25, -0.2) is 9.18 Å². The first kappa shape index (κ1) is 22.0. The van der Waals surface area contributed by atoms with Crippen LogP contribution in [0, 0.1) is 5.82 Å². The number of carbonyl (C=O) groups is 3. The van der Waals surface area contributed by atoms with Gasteiger partial charge in [0.25, 0.3) is 11.8 Å². The van der Waals surface area contributed by atoms with Crippen LogP contribution in [0.3, 0.4) is 0 Å². The second kappa shape index (κ2) is 10.4. The van der Waals surface area contributed by atoms with Gasteiger partial charge >= 0.3 is 6.16 Å². The SMILES string of the molecule is CCOc1ccc(C2OCC(CCCCOC(=O)ON3C(=O)CCC3=O)O2)cc1F. The summed E-state index contributed by atoms with van der Waals surface area (Å²) in [6.07, 6.45) is 0.0685. The number of ether oxygens (including phenoxy) is 4. The van der Waals surface area contributed by atoms with Gasteiger partial charge in [-0.2, -0.15) is 0 Å². The summed E-state index contributed by atoms with van der Waals surface area (Å²) in [4.78, 5) is 38.8. The van der Waals surface area contributed by atoms with Crippen molar-refractivity contribution in [1.82, 2.24) is 5.06 Å². The number of amides is 2. The smallest absolute Gasteiger partial charge is 0.491 e. The molecule has 1 aromatic carbocycles. The van der Waals surface area contributed by atoms with Gasteiger partial charge in [0.2, 0.25) is 0 Å². The van der Waals surface area contributed by atoms with Crippen molar-refractivity contribution >= 4 is 18.0 Å². The maximum atomic E-state index is 14.0. The number of hydrogen-bond acceptors (Lipinski definition) is 8. The fraction of sp³-hybridized carbons (Fsp3) is 0.550. The number of nitrogens with zero attached hydrogens (tertiary/aromatic N) is 1. The van der Waals surface area contributed by atoms with E-state index in [9.17, 15) is 18.8 Å². The molecule has 3 rings (SSSR count). The average Bonchev–Trinajstić information content (AvgIpc) is 3.31.